The van der Waals surface area contributed by atoms with E-state index in [1.165, 1.54) is 12.1 Å². The van der Waals surface area contributed by atoms with E-state index < -0.39 is 11.0 Å². The molecule has 82 valence electrons. The van der Waals surface area contributed by atoms with Crippen LogP contribution >= 0.6 is 11.6 Å². The first-order valence-corrected chi connectivity index (χ1v) is 4.74. The van der Waals surface area contributed by atoms with E-state index in [2.05, 4.69) is 0 Å². The Balaban J connectivity index is 3.02. The average Bonchev–Trinajstić information content (AvgIpc) is 2.18. The summed E-state index contributed by atoms with van der Waals surface area (Å²) in [5.74, 6) is 0. The van der Waals surface area contributed by atoms with Gasteiger partial charge in [-0.2, -0.15) is 0 Å². The number of rotatable bonds is 4. The Kier molecular flexibility index (Phi) is 4.02. The molecule has 0 bridgehead atoms. The molecule has 0 aliphatic carbocycles. The third-order valence-electron chi connectivity index (χ3n) is 2.04. The summed E-state index contributed by atoms with van der Waals surface area (Å²) in [6.07, 6.45) is 0.360. The van der Waals surface area contributed by atoms with Crippen LogP contribution in [0.15, 0.2) is 18.2 Å². The van der Waals surface area contributed by atoms with Crippen LogP contribution in [0.3, 0.4) is 0 Å². The maximum Gasteiger partial charge on any atom is 0.288 e. The third-order valence-corrected chi connectivity index (χ3v) is 2.35. The van der Waals surface area contributed by atoms with Gasteiger partial charge < -0.3 is 10.8 Å². The van der Waals surface area contributed by atoms with E-state index in [1.807, 2.05) is 0 Å². The molecule has 0 spiro atoms. The van der Waals surface area contributed by atoms with Gasteiger partial charge in [-0.05, 0) is 18.1 Å². The molecule has 0 fully saturated rings. The number of nitro groups is 1. The van der Waals surface area contributed by atoms with Gasteiger partial charge in [-0.3, -0.25) is 10.1 Å². The van der Waals surface area contributed by atoms with E-state index in [4.69, 9.17) is 22.4 Å². The topological polar surface area (TPSA) is 89.4 Å². The smallest absolute Gasteiger partial charge is 0.288 e. The highest BCUT2D eigenvalue weighted by molar-refractivity contribution is 6.32. The van der Waals surface area contributed by atoms with E-state index in [1.54, 1.807) is 6.07 Å². The molecule has 0 aliphatic heterocycles. The van der Waals surface area contributed by atoms with Crippen molar-refractivity contribution in [1.29, 1.82) is 0 Å². The van der Waals surface area contributed by atoms with Crippen LogP contribution in [0.2, 0.25) is 5.02 Å². The Morgan fingerprint density at radius 3 is 2.80 bits per heavy atom. The van der Waals surface area contributed by atoms with Crippen molar-refractivity contribution in [2.45, 2.75) is 12.5 Å². The van der Waals surface area contributed by atoms with Crippen LogP contribution in [0.5, 0.6) is 0 Å². The summed E-state index contributed by atoms with van der Waals surface area (Å²) in [5, 5.41) is 19.4. The average molecular weight is 231 g/mol. The zero-order chi connectivity index (χ0) is 11.4. The number of aliphatic hydroxyl groups is 1. The zero-order valence-electron chi connectivity index (χ0n) is 7.89. The van der Waals surface area contributed by atoms with Crippen molar-refractivity contribution in [3.05, 3.63) is 38.9 Å². The van der Waals surface area contributed by atoms with Crippen molar-refractivity contribution in [3.63, 3.8) is 0 Å². The lowest BCUT2D eigenvalue weighted by Crippen LogP contribution is -2.12. The zero-order valence-corrected chi connectivity index (χ0v) is 8.65. The molecule has 0 aromatic heterocycles. The first kappa shape index (κ1) is 11.9. The fourth-order valence-corrected chi connectivity index (χ4v) is 1.39. The molecular weight excluding hydrogens is 220 g/mol. The Morgan fingerprint density at radius 1 is 1.60 bits per heavy atom. The van der Waals surface area contributed by atoms with Crippen molar-refractivity contribution in [2.75, 3.05) is 6.61 Å². The van der Waals surface area contributed by atoms with Gasteiger partial charge in [0.05, 0.1) is 4.92 Å². The molecule has 0 saturated carbocycles. The molecular formula is C9H11ClN2O3. The second kappa shape index (κ2) is 5.06. The van der Waals surface area contributed by atoms with Gasteiger partial charge in [-0.15, -0.1) is 0 Å². The highest BCUT2D eigenvalue weighted by Crippen LogP contribution is 2.27. The minimum absolute atomic E-state index is 0.0579. The van der Waals surface area contributed by atoms with E-state index >= 15 is 0 Å². The minimum Gasteiger partial charge on any atom is -0.396 e. The Bertz CT molecular complexity index is 370. The van der Waals surface area contributed by atoms with E-state index in [9.17, 15) is 10.1 Å². The van der Waals surface area contributed by atoms with Gasteiger partial charge in [0.15, 0.2) is 0 Å². The first-order chi connectivity index (χ1) is 7.06. The van der Waals surface area contributed by atoms with Crippen molar-refractivity contribution in [2.24, 2.45) is 5.73 Å². The van der Waals surface area contributed by atoms with Crippen LogP contribution in [0, 0.1) is 10.1 Å². The van der Waals surface area contributed by atoms with Crippen molar-refractivity contribution in [3.8, 4) is 0 Å². The SMILES string of the molecule is N[C@@H](CCO)c1ccc(Cl)c([N+](=O)[O-])c1. The molecule has 0 amide bonds. The van der Waals surface area contributed by atoms with Crippen LogP contribution in [0.4, 0.5) is 5.69 Å². The van der Waals surface area contributed by atoms with Gasteiger partial charge in [-0.25, -0.2) is 0 Å². The molecule has 0 heterocycles. The van der Waals surface area contributed by atoms with Gasteiger partial charge in [0, 0.05) is 18.7 Å². The molecule has 1 aromatic rings. The predicted molar refractivity (Wildman–Crippen MR) is 56.7 cm³/mol. The number of nitrogens with two attached hydrogens (primary N) is 1. The monoisotopic (exact) mass is 230 g/mol. The maximum absolute atomic E-state index is 10.6. The molecule has 3 N–H and O–H groups in total. The van der Waals surface area contributed by atoms with Gasteiger partial charge in [0.2, 0.25) is 0 Å². The van der Waals surface area contributed by atoms with E-state index in [-0.39, 0.29) is 17.3 Å². The highest BCUT2D eigenvalue weighted by Gasteiger charge is 2.15. The van der Waals surface area contributed by atoms with Crippen LogP contribution in [-0.4, -0.2) is 16.6 Å². The lowest BCUT2D eigenvalue weighted by Gasteiger charge is -2.09. The first-order valence-electron chi connectivity index (χ1n) is 4.36. The predicted octanol–water partition coefficient (Wildman–Crippen LogP) is 1.63. The van der Waals surface area contributed by atoms with E-state index in [0.717, 1.165) is 0 Å². The second-order valence-electron chi connectivity index (χ2n) is 3.09. The fraction of sp³-hybridized carbons (Fsp3) is 0.333. The van der Waals surface area contributed by atoms with Crippen LogP contribution in [-0.2, 0) is 0 Å². The molecule has 5 nitrogen and oxygen atoms in total. The Morgan fingerprint density at radius 2 is 2.27 bits per heavy atom. The van der Waals surface area contributed by atoms with Gasteiger partial charge in [-0.1, -0.05) is 17.7 Å². The molecule has 0 radical (unpaired) electrons. The largest absolute Gasteiger partial charge is 0.396 e. The molecule has 0 saturated heterocycles. The number of nitro benzene ring substituents is 1. The normalized spacial score (nSPS) is 12.5. The van der Waals surface area contributed by atoms with Crippen molar-refractivity contribution in [1.82, 2.24) is 0 Å². The molecule has 0 aliphatic rings. The van der Waals surface area contributed by atoms with Crippen molar-refractivity contribution < 1.29 is 10.0 Å². The third kappa shape index (κ3) is 2.89. The van der Waals surface area contributed by atoms with Gasteiger partial charge >= 0.3 is 0 Å². The lowest BCUT2D eigenvalue weighted by atomic mass is 10.0. The van der Waals surface area contributed by atoms with Crippen LogP contribution in [0.25, 0.3) is 0 Å². The highest BCUT2D eigenvalue weighted by atomic mass is 35.5. The summed E-state index contributed by atoms with van der Waals surface area (Å²) in [4.78, 5) is 10.0. The van der Waals surface area contributed by atoms with Crippen LogP contribution in [0.1, 0.15) is 18.0 Å². The van der Waals surface area contributed by atoms with E-state index in [0.29, 0.717) is 12.0 Å². The lowest BCUT2D eigenvalue weighted by molar-refractivity contribution is -0.384. The summed E-state index contributed by atoms with van der Waals surface area (Å²) in [7, 11) is 0. The molecule has 0 unspecified atom stereocenters. The maximum atomic E-state index is 10.6. The molecule has 1 rings (SSSR count). The Hall–Kier alpha value is -1.17. The Labute approximate surface area is 91.6 Å². The minimum atomic E-state index is -0.558. The summed E-state index contributed by atoms with van der Waals surface area (Å²) in [5.41, 5.74) is 6.13. The fourth-order valence-electron chi connectivity index (χ4n) is 1.21. The van der Waals surface area contributed by atoms with Gasteiger partial charge in [0.1, 0.15) is 5.02 Å². The number of nitrogens with zero attached hydrogens (tertiary/aromatic N) is 1. The second-order valence-corrected chi connectivity index (χ2v) is 3.49. The quantitative estimate of drug-likeness (QED) is 0.608. The molecule has 1 atom stereocenters. The summed E-state index contributed by atoms with van der Waals surface area (Å²) < 4.78 is 0. The molecule has 6 heteroatoms. The summed E-state index contributed by atoms with van der Waals surface area (Å²) >= 11 is 5.64. The summed E-state index contributed by atoms with van der Waals surface area (Å²) in [6, 6.07) is 3.98. The standard InChI is InChI=1S/C9H11ClN2O3/c10-7-2-1-6(8(11)3-4-13)5-9(7)12(14)15/h1-2,5,8,13H,3-4,11H2/t8-/m0/s1. The molecule has 1 aromatic carbocycles. The van der Waals surface area contributed by atoms with Crippen LogP contribution < -0.4 is 5.73 Å². The number of benzene rings is 1. The number of halogens is 1. The number of hydrogen-bond donors (Lipinski definition) is 2. The number of hydrogen-bond acceptors (Lipinski definition) is 4. The van der Waals surface area contributed by atoms with Crippen molar-refractivity contribution >= 4 is 17.3 Å². The number of aliphatic hydroxyl groups excluding tert-OH is 1. The summed E-state index contributed by atoms with van der Waals surface area (Å²) in [6.45, 7) is -0.0579. The van der Waals surface area contributed by atoms with Gasteiger partial charge in [0.25, 0.3) is 5.69 Å². The molecule has 15 heavy (non-hydrogen) atoms.